The Balaban J connectivity index is 2.25. The molecule has 13 heteroatoms. The summed E-state index contributed by atoms with van der Waals surface area (Å²) in [6.45, 7) is 2.07. The summed E-state index contributed by atoms with van der Waals surface area (Å²) in [6.07, 6.45) is 0.173. The number of hydrogen-bond donors (Lipinski definition) is 4. The van der Waals surface area contributed by atoms with Gasteiger partial charge in [-0.3, -0.25) is 4.79 Å². The summed E-state index contributed by atoms with van der Waals surface area (Å²) >= 11 is 5.92. The standard InChI is InChI=1S/C13H19ClN4O6S2/c1-2-24-13(19)10-3-7(6-17-10)18-26(22,23)11-5-12(25(16,20)21)9(15)4-8(11)14/h4-5,7,10,17-18H,2-3,6,15H2,1H3,(H2,16,20,21)/t7-,10-/m0/s1. The molecule has 0 amide bonds. The summed E-state index contributed by atoms with van der Waals surface area (Å²) in [5.41, 5.74) is 5.28. The van der Waals surface area contributed by atoms with Crippen LogP contribution < -0.4 is 20.9 Å². The van der Waals surface area contributed by atoms with Crippen molar-refractivity contribution in [3.8, 4) is 0 Å². The van der Waals surface area contributed by atoms with Gasteiger partial charge in [0.1, 0.15) is 15.8 Å². The quantitative estimate of drug-likeness (QED) is 0.336. The molecule has 146 valence electrons. The molecule has 1 aliphatic rings. The van der Waals surface area contributed by atoms with Gasteiger partial charge in [0.2, 0.25) is 20.0 Å². The molecule has 0 radical (unpaired) electrons. The monoisotopic (exact) mass is 426 g/mol. The minimum absolute atomic E-state index is 0.173. The van der Waals surface area contributed by atoms with E-state index in [1.165, 1.54) is 0 Å². The van der Waals surface area contributed by atoms with Crippen molar-refractivity contribution in [3.05, 3.63) is 17.2 Å². The third-order valence-corrected chi connectivity index (χ3v) is 6.64. The third-order valence-electron chi connectivity index (χ3n) is 3.68. The molecule has 10 nitrogen and oxygen atoms in total. The Labute approximate surface area is 156 Å². The molecule has 0 saturated carbocycles. The van der Waals surface area contributed by atoms with Crippen LogP contribution >= 0.6 is 11.6 Å². The number of nitrogens with one attached hydrogen (secondary N) is 2. The third kappa shape index (κ3) is 4.64. The highest BCUT2D eigenvalue weighted by Crippen LogP contribution is 2.29. The molecule has 0 spiro atoms. The molecular formula is C13H19ClN4O6S2. The first-order valence-corrected chi connectivity index (χ1v) is 10.9. The van der Waals surface area contributed by atoms with E-state index in [9.17, 15) is 21.6 Å². The van der Waals surface area contributed by atoms with Crippen molar-refractivity contribution in [1.29, 1.82) is 0 Å². The van der Waals surface area contributed by atoms with E-state index >= 15 is 0 Å². The second kappa shape index (κ2) is 7.66. The maximum atomic E-state index is 12.6. The molecular weight excluding hydrogens is 408 g/mol. The largest absolute Gasteiger partial charge is 0.465 e. The van der Waals surface area contributed by atoms with Gasteiger partial charge in [0.05, 0.1) is 17.3 Å². The minimum Gasteiger partial charge on any atom is -0.465 e. The topological polar surface area (TPSA) is 171 Å². The number of sulfonamides is 2. The van der Waals surface area contributed by atoms with Crippen LogP contribution in [0, 0.1) is 0 Å². The number of benzene rings is 1. The smallest absolute Gasteiger partial charge is 0.323 e. The van der Waals surface area contributed by atoms with Gasteiger partial charge in [-0.2, -0.15) is 0 Å². The second-order valence-electron chi connectivity index (χ2n) is 5.63. The molecule has 1 aliphatic heterocycles. The van der Waals surface area contributed by atoms with Gasteiger partial charge in [-0.1, -0.05) is 11.6 Å². The molecule has 6 N–H and O–H groups in total. The Hall–Kier alpha value is -1.44. The first-order valence-electron chi connectivity index (χ1n) is 7.50. The van der Waals surface area contributed by atoms with Crippen molar-refractivity contribution in [2.45, 2.75) is 35.2 Å². The molecule has 0 bridgehead atoms. The molecule has 1 aromatic carbocycles. The SMILES string of the molecule is CCOC(=O)[C@@H]1C[C@H](NS(=O)(=O)c2cc(S(N)(=O)=O)c(N)cc2Cl)CN1. The summed E-state index contributed by atoms with van der Waals surface area (Å²) in [4.78, 5) is 10.7. The number of halogens is 1. The summed E-state index contributed by atoms with van der Waals surface area (Å²) in [5.74, 6) is -0.476. The van der Waals surface area contributed by atoms with Crippen LogP contribution in [0.15, 0.2) is 21.9 Å². The van der Waals surface area contributed by atoms with Crippen LogP contribution in [-0.4, -0.2) is 48.0 Å². The molecule has 26 heavy (non-hydrogen) atoms. The summed E-state index contributed by atoms with van der Waals surface area (Å²) in [5, 5.41) is 7.64. The molecule has 1 fully saturated rings. The summed E-state index contributed by atoms with van der Waals surface area (Å²) < 4.78 is 55.5. The second-order valence-corrected chi connectivity index (χ2v) is 9.25. The zero-order valence-electron chi connectivity index (χ0n) is 13.7. The Bertz CT molecular complexity index is 919. The zero-order chi connectivity index (χ0) is 19.7. The normalized spacial score (nSPS) is 20.9. The van der Waals surface area contributed by atoms with E-state index in [0.717, 1.165) is 12.1 Å². The Morgan fingerprint density at radius 3 is 2.58 bits per heavy atom. The highest BCUT2D eigenvalue weighted by atomic mass is 35.5. The van der Waals surface area contributed by atoms with E-state index in [1.807, 2.05) is 0 Å². The summed E-state index contributed by atoms with van der Waals surface area (Å²) in [7, 11) is -8.42. The molecule has 1 saturated heterocycles. The number of nitrogen functional groups attached to an aromatic ring is 1. The predicted molar refractivity (Wildman–Crippen MR) is 94.4 cm³/mol. The van der Waals surface area contributed by atoms with Crippen LogP contribution in [0.3, 0.4) is 0 Å². The van der Waals surface area contributed by atoms with Crippen LogP contribution in [0.2, 0.25) is 5.02 Å². The average molecular weight is 427 g/mol. The number of carbonyl (C=O) groups is 1. The number of carbonyl (C=O) groups excluding carboxylic acids is 1. The van der Waals surface area contributed by atoms with Crippen LogP contribution in [0.1, 0.15) is 13.3 Å². The van der Waals surface area contributed by atoms with Crippen molar-refractivity contribution < 1.29 is 26.4 Å². The Kier molecular flexibility index (Phi) is 6.15. The van der Waals surface area contributed by atoms with Gasteiger partial charge in [0.25, 0.3) is 0 Å². The number of ether oxygens (including phenoxy) is 1. The zero-order valence-corrected chi connectivity index (χ0v) is 16.1. The van der Waals surface area contributed by atoms with E-state index in [0.29, 0.717) is 0 Å². The van der Waals surface area contributed by atoms with Gasteiger partial charge in [-0.15, -0.1) is 0 Å². The molecule has 0 unspecified atom stereocenters. The maximum Gasteiger partial charge on any atom is 0.323 e. The lowest BCUT2D eigenvalue weighted by molar-refractivity contribution is -0.145. The molecule has 1 aromatic rings. The van der Waals surface area contributed by atoms with Crippen molar-refractivity contribution >= 4 is 43.3 Å². The van der Waals surface area contributed by atoms with E-state index < -0.39 is 47.9 Å². The number of esters is 1. The fourth-order valence-corrected chi connectivity index (χ4v) is 5.09. The maximum absolute atomic E-state index is 12.6. The van der Waals surface area contributed by atoms with Crippen molar-refractivity contribution in [2.24, 2.45) is 5.14 Å². The van der Waals surface area contributed by atoms with Crippen LogP contribution in [0.4, 0.5) is 5.69 Å². The van der Waals surface area contributed by atoms with Gasteiger partial charge >= 0.3 is 5.97 Å². The van der Waals surface area contributed by atoms with Gasteiger partial charge in [0.15, 0.2) is 0 Å². The average Bonchev–Trinajstić information content (AvgIpc) is 2.93. The first-order chi connectivity index (χ1) is 12.0. The van der Waals surface area contributed by atoms with E-state index in [4.69, 9.17) is 27.2 Å². The fourth-order valence-electron chi connectivity index (χ4n) is 2.53. The van der Waals surface area contributed by atoms with E-state index in [2.05, 4.69) is 10.0 Å². The van der Waals surface area contributed by atoms with Crippen molar-refractivity contribution in [1.82, 2.24) is 10.0 Å². The number of rotatable bonds is 6. The molecule has 2 rings (SSSR count). The van der Waals surface area contributed by atoms with E-state index in [1.54, 1.807) is 6.92 Å². The number of anilines is 1. The molecule has 0 aromatic heterocycles. The lowest BCUT2D eigenvalue weighted by atomic mass is 10.2. The number of hydrogen-bond acceptors (Lipinski definition) is 8. The number of nitrogens with two attached hydrogens (primary N) is 2. The highest BCUT2D eigenvalue weighted by molar-refractivity contribution is 7.90. The Morgan fingerprint density at radius 1 is 1.35 bits per heavy atom. The van der Waals surface area contributed by atoms with Crippen molar-refractivity contribution in [3.63, 3.8) is 0 Å². The van der Waals surface area contributed by atoms with Gasteiger partial charge in [-0.05, 0) is 25.5 Å². The van der Waals surface area contributed by atoms with Gasteiger partial charge in [-0.25, -0.2) is 26.7 Å². The van der Waals surface area contributed by atoms with Crippen LogP contribution in [-0.2, 0) is 29.6 Å². The Morgan fingerprint density at radius 2 is 2.00 bits per heavy atom. The predicted octanol–water partition coefficient (Wildman–Crippen LogP) is -0.858. The van der Waals surface area contributed by atoms with Crippen molar-refractivity contribution in [2.75, 3.05) is 18.9 Å². The molecule has 1 heterocycles. The number of primary sulfonamides is 1. The van der Waals surface area contributed by atoms with Crippen LogP contribution in [0.25, 0.3) is 0 Å². The minimum atomic E-state index is -4.24. The fraction of sp³-hybridized carbons (Fsp3) is 0.462. The van der Waals surface area contributed by atoms with E-state index in [-0.39, 0.29) is 30.3 Å². The highest BCUT2D eigenvalue weighted by Gasteiger charge is 2.34. The lowest BCUT2D eigenvalue weighted by Gasteiger charge is -2.15. The van der Waals surface area contributed by atoms with Gasteiger partial charge in [0, 0.05) is 12.6 Å². The summed E-state index contributed by atoms with van der Waals surface area (Å²) in [6, 6.07) is 0.565. The van der Waals surface area contributed by atoms with Crippen LogP contribution in [0.5, 0.6) is 0 Å². The van der Waals surface area contributed by atoms with Gasteiger partial charge < -0.3 is 15.8 Å². The first kappa shape index (κ1) is 20.9. The lowest BCUT2D eigenvalue weighted by Crippen LogP contribution is -2.36. The molecule has 2 atom stereocenters. The molecule has 0 aliphatic carbocycles.